The summed E-state index contributed by atoms with van der Waals surface area (Å²) in [6.45, 7) is 8.83. The summed E-state index contributed by atoms with van der Waals surface area (Å²) in [5, 5.41) is 14.8. The van der Waals surface area contributed by atoms with Crippen molar-refractivity contribution in [3.63, 3.8) is 0 Å². The fourth-order valence-electron chi connectivity index (χ4n) is 4.21. The minimum atomic E-state index is -1.10. The maximum Gasteiger partial charge on any atom is 0.407 e. The molecule has 0 heterocycles. The second-order valence-electron chi connectivity index (χ2n) is 9.85. The van der Waals surface area contributed by atoms with E-state index in [0.29, 0.717) is 12.8 Å². The van der Waals surface area contributed by atoms with E-state index in [1.807, 2.05) is 43.3 Å². The van der Waals surface area contributed by atoms with Gasteiger partial charge in [-0.25, -0.2) is 9.59 Å². The quantitative estimate of drug-likeness (QED) is 0.497. The number of carbonyl (C=O) groups is 3. The highest BCUT2D eigenvalue weighted by Gasteiger charge is 2.45. The molecule has 0 saturated heterocycles. The molecule has 2 aromatic rings. The van der Waals surface area contributed by atoms with Gasteiger partial charge in [-0.15, -0.1) is 0 Å². The van der Waals surface area contributed by atoms with Gasteiger partial charge in [-0.1, -0.05) is 61.9 Å². The van der Waals surface area contributed by atoms with Crippen molar-refractivity contribution in [3.05, 3.63) is 59.7 Å². The first-order chi connectivity index (χ1) is 16.0. The molecule has 2 amide bonds. The number of alkyl carbamates (subject to hydrolysis) is 1. The zero-order chi connectivity index (χ0) is 25.1. The number of carboxylic acids is 1. The molecule has 7 nitrogen and oxygen atoms in total. The zero-order valence-electron chi connectivity index (χ0n) is 20.5. The van der Waals surface area contributed by atoms with E-state index in [9.17, 15) is 19.5 Å². The number of hydrogen-bond donors (Lipinski definition) is 3. The highest BCUT2D eigenvalue weighted by atomic mass is 16.5. The molecule has 0 aliphatic heterocycles. The summed E-state index contributed by atoms with van der Waals surface area (Å²) in [4.78, 5) is 37.2. The maximum atomic E-state index is 13.0. The highest BCUT2D eigenvalue weighted by Crippen LogP contribution is 2.44. The Morgan fingerprint density at radius 3 is 2.00 bits per heavy atom. The third-order valence-electron chi connectivity index (χ3n) is 7.07. The third-order valence-corrected chi connectivity index (χ3v) is 7.07. The molecule has 34 heavy (non-hydrogen) atoms. The monoisotopic (exact) mass is 466 g/mol. The van der Waals surface area contributed by atoms with Crippen LogP contribution in [0.3, 0.4) is 0 Å². The van der Waals surface area contributed by atoms with Gasteiger partial charge in [0.15, 0.2) is 0 Å². The molecule has 3 rings (SSSR count). The van der Waals surface area contributed by atoms with Crippen LogP contribution in [0.25, 0.3) is 11.1 Å². The molecule has 0 fully saturated rings. The van der Waals surface area contributed by atoms with Crippen LogP contribution in [-0.2, 0) is 14.3 Å². The molecule has 0 radical (unpaired) electrons. The summed E-state index contributed by atoms with van der Waals surface area (Å²) in [6.07, 6.45) is 0.326. The van der Waals surface area contributed by atoms with E-state index in [4.69, 9.17) is 4.74 Å². The number of hydrogen-bond acceptors (Lipinski definition) is 4. The van der Waals surface area contributed by atoms with Crippen LogP contribution in [0.4, 0.5) is 4.79 Å². The Labute approximate surface area is 200 Å². The van der Waals surface area contributed by atoms with Crippen LogP contribution in [0.15, 0.2) is 48.5 Å². The summed E-state index contributed by atoms with van der Waals surface area (Å²) in [5.74, 6) is -1.59. The van der Waals surface area contributed by atoms with Crippen molar-refractivity contribution in [2.75, 3.05) is 6.61 Å². The minimum Gasteiger partial charge on any atom is -0.480 e. The molecule has 0 aromatic heterocycles. The molecule has 0 saturated carbocycles. The first-order valence-electron chi connectivity index (χ1n) is 11.7. The predicted molar refractivity (Wildman–Crippen MR) is 131 cm³/mol. The Balaban J connectivity index is 1.67. The van der Waals surface area contributed by atoms with E-state index in [1.54, 1.807) is 27.7 Å². The number of benzene rings is 2. The lowest BCUT2D eigenvalue weighted by Gasteiger charge is -2.41. The van der Waals surface area contributed by atoms with Crippen LogP contribution in [0.1, 0.15) is 64.5 Å². The zero-order valence-corrected chi connectivity index (χ0v) is 20.5. The van der Waals surface area contributed by atoms with Gasteiger partial charge in [0.2, 0.25) is 5.91 Å². The van der Waals surface area contributed by atoms with Crippen molar-refractivity contribution < 1.29 is 24.2 Å². The van der Waals surface area contributed by atoms with Gasteiger partial charge in [-0.2, -0.15) is 0 Å². The summed E-state index contributed by atoms with van der Waals surface area (Å²) in [7, 11) is 0. The molecule has 2 aromatic carbocycles. The number of carboxylic acid groups (broad SMARTS) is 1. The van der Waals surface area contributed by atoms with Gasteiger partial charge in [-0.3, -0.25) is 4.79 Å². The molecule has 1 aliphatic carbocycles. The molecule has 182 valence electrons. The number of amides is 2. The number of carbonyl (C=O) groups excluding carboxylic acids is 2. The normalized spacial score (nSPS) is 14.0. The largest absolute Gasteiger partial charge is 0.480 e. The maximum absolute atomic E-state index is 13.0. The van der Waals surface area contributed by atoms with Gasteiger partial charge in [0.05, 0.1) is 11.0 Å². The van der Waals surface area contributed by atoms with Crippen molar-refractivity contribution >= 4 is 18.0 Å². The number of nitrogens with one attached hydrogen (secondary N) is 2. The SMILES string of the molecule is CCC[C@H](NC(=O)C(C)(C)C(C)(C)NC(=O)OCC1c2ccccc2-c2ccccc21)C(=O)O. The van der Waals surface area contributed by atoms with Crippen LogP contribution in [0.5, 0.6) is 0 Å². The van der Waals surface area contributed by atoms with Gasteiger partial charge >= 0.3 is 12.1 Å². The second-order valence-corrected chi connectivity index (χ2v) is 9.85. The van der Waals surface area contributed by atoms with Crippen LogP contribution in [-0.4, -0.2) is 41.3 Å². The highest BCUT2D eigenvalue weighted by molar-refractivity contribution is 5.88. The molecule has 0 bridgehead atoms. The summed E-state index contributed by atoms with van der Waals surface area (Å²) >= 11 is 0. The lowest BCUT2D eigenvalue weighted by atomic mass is 9.73. The first-order valence-corrected chi connectivity index (χ1v) is 11.7. The number of fused-ring (bicyclic) bond motifs is 3. The van der Waals surface area contributed by atoms with Crippen molar-refractivity contribution in [2.24, 2.45) is 5.41 Å². The molecule has 0 unspecified atom stereocenters. The van der Waals surface area contributed by atoms with Crippen molar-refractivity contribution in [3.8, 4) is 11.1 Å². The number of rotatable bonds is 9. The Morgan fingerprint density at radius 1 is 0.971 bits per heavy atom. The van der Waals surface area contributed by atoms with Crippen LogP contribution in [0.2, 0.25) is 0 Å². The fourth-order valence-corrected chi connectivity index (χ4v) is 4.21. The average Bonchev–Trinajstić information content (AvgIpc) is 3.10. The van der Waals surface area contributed by atoms with Gasteiger partial charge in [0.1, 0.15) is 12.6 Å². The second kappa shape index (κ2) is 9.87. The summed E-state index contributed by atoms with van der Waals surface area (Å²) < 4.78 is 5.63. The lowest BCUT2D eigenvalue weighted by molar-refractivity contribution is -0.144. The van der Waals surface area contributed by atoms with E-state index in [-0.39, 0.29) is 12.5 Å². The van der Waals surface area contributed by atoms with Crippen LogP contribution >= 0.6 is 0 Å². The molecule has 7 heteroatoms. The molecule has 1 atom stereocenters. The molecule has 0 spiro atoms. The lowest BCUT2D eigenvalue weighted by Crippen LogP contribution is -2.61. The van der Waals surface area contributed by atoms with Gasteiger partial charge < -0.3 is 20.5 Å². The Hall–Kier alpha value is -3.35. The third kappa shape index (κ3) is 4.93. The van der Waals surface area contributed by atoms with Gasteiger partial charge in [-0.05, 0) is 56.4 Å². The number of ether oxygens (including phenoxy) is 1. The predicted octanol–water partition coefficient (Wildman–Crippen LogP) is 4.70. The van der Waals surface area contributed by atoms with E-state index >= 15 is 0 Å². The van der Waals surface area contributed by atoms with E-state index in [2.05, 4.69) is 22.8 Å². The average molecular weight is 467 g/mol. The molecular formula is C27H34N2O5. The van der Waals surface area contributed by atoms with Crippen molar-refractivity contribution in [2.45, 2.75) is 65.0 Å². The Bertz CT molecular complexity index is 1030. The summed E-state index contributed by atoms with van der Waals surface area (Å²) in [5.41, 5.74) is 2.42. The Morgan fingerprint density at radius 2 is 1.50 bits per heavy atom. The van der Waals surface area contributed by atoms with E-state index < -0.39 is 35.0 Å². The first kappa shape index (κ1) is 25.3. The molecule has 1 aliphatic rings. The smallest absolute Gasteiger partial charge is 0.407 e. The Kier molecular flexibility index (Phi) is 7.34. The number of aliphatic carboxylic acids is 1. The minimum absolute atomic E-state index is 0.0667. The standard InChI is InChI=1S/C27H34N2O5/c1-6-11-22(23(30)31)28-24(32)26(2,3)27(4,5)29-25(33)34-16-21-19-14-9-7-12-17(19)18-13-8-10-15-20(18)21/h7-10,12-15,21-22H,6,11,16H2,1-5H3,(H,28,32)(H,29,33)(H,30,31)/t22-/m0/s1. The fraction of sp³-hybridized carbons (Fsp3) is 0.444. The topological polar surface area (TPSA) is 105 Å². The van der Waals surface area contributed by atoms with Gasteiger partial charge in [0.25, 0.3) is 0 Å². The molecule has 3 N–H and O–H groups in total. The summed E-state index contributed by atoms with van der Waals surface area (Å²) in [6, 6.07) is 15.2. The van der Waals surface area contributed by atoms with Crippen LogP contribution < -0.4 is 10.6 Å². The van der Waals surface area contributed by atoms with Crippen molar-refractivity contribution in [1.29, 1.82) is 0 Å². The van der Waals surface area contributed by atoms with E-state index in [1.165, 1.54) is 0 Å². The van der Waals surface area contributed by atoms with Crippen LogP contribution in [0, 0.1) is 5.41 Å². The van der Waals surface area contributed by atoms with Gasteiger partial charge in [0, 0.05) is 5.92 Å². The van der Waals surface area contributed by atoms with E-state index in [0.717, 1.165) is 22.3 Å². The molecular weight excluding hydrogens is 432 g/mol. The van der Waals surface area contributed by atoms with Crippen molar-refractivity contribution in [1.82, 2.24) is 10.6 Å².